The number of nitrogens with one attached hydrogen (secondary N) is 1. The summed E-state index contributed by atoms with van der Waals surface area (Å²) < 4.78 is 5.47. The number of rotatable bonds is 6. The van der Waals surface area contributed by atoms with Crippen molar-refractivity contribution in [3.63, 3.8) is 0 Å². The monoisotopic (exact) mass is 258 g/mol. The zero-order valence-corrected chi connectivity index (χ0v) is 11.5. The summed E-state index contributed by atoms with van der Waals surface area (Å²) in [6.07, 6.45) is 8.52. The van der Waals surface area contributed by atoms with Gasteiger partial charge in [0.05, 0.1) is 6.61 Å². The molecule has 0 amide bonds. The first kappa shape index (κ1) is 12.4. The van der Waals surface area contributed by atoms with Crippen LogP contribution in [-0.4, -0.2) is 24.2 Å². The Morgan fingerprint density at radius 3 is 2.74 bits per heavy atom. The molecule has 2 aliphatic rings. The molecule has 1 aliphatic heterocycles. The average Bonchev–Trinajstić information content (AvgIpc) is 3.13. The molecule has 1 aromatic carbocycles. The molecule has 0 saturated heterocycles. The Morgan fingerprint density at radius 1 is 1.26 bits per heavy atom. The van der Waals surface area contributed by atoms with Crippen molar-refractivity contribution in [2.45, 2.75) is 32.4 Å². The maximum absolute atomic E-state index is 5.47. The lowest BCUT2D eigenvalue weighted by atomic mass is 10.1. The summed E-state index contributed by atoms with van der Waals surface area (Å²) in [4.78, 5) is 2.44. The van der Waals surface area contributed by atoms with Crippen LogP contribution in [0.4, 0.5) is 0 Å². The van der Waals surface area contributed by atoms with Crippen LogP contribution in [0, 0.1) is 5.92 Å². The normalized spacial score (nSPS) is 21.5. The number of hydrogen-bond donors (Lipinski definition) is 1. The topological polar surface area (TPSA) is 24.5 Å². The molecule has 0 aromatic heterocycles. The average molecular weight is 258 g/mol. The van der Waals surface area contributed by atoms with Crippen molar-refractivity contribution in [1.82, 2.24) is 10.2 Å². The van der Waals surface area contributed by atoms with Gasteiger partial charge in [-0.2, -0.15) is 0 Å². The van der Waals surface area contributed by atoms with Gasteiger partial charge in [-0.15, -0.1) is 0 Å². The van der Waals surface area contributed by atoms with Crippen LogP contribution in [0.3, 0.4) is 0 Å². The molecule has 0 bridgehead atoms. The third-order valence-electron chi connectivity index (χ3n) is 3.78. The molecule has 1 unspecified atom stereocenters. The minimum Gasteiger partial charge on any atom is -0.494 e. The van der Waals surface area contributed by atoms with E-state index in [1.54, 1.807) is 0 Å². The van der Waals surface area contributed by atoms with Crippen LogP contribution in [-0.2, 0) is 6.42 Å². The van der Waals surface area contributed by atoms with Crippen LogP contribution < -0.4 is 10.1 Å². The Bertz CT molecular complexity index is 437. The van der Waals surface area contributed by atoms with Gasteiger partial charge < -0.3 is 15.0 Å². The Kier molecular flexibility index (Phi) is 3.62. The van der Waals surface area contributed by atoms with Crippen LogP contribution in [0.2, 0.25) is 0 Å². The number of benzene rings is 1. The first-order valence-electron chi connectivity index (χ1n) is 7.25. The van der Waals surface area contributed by atoms with Crippen molar-refractivity contribution >= 4 is 0 Å². The van der Waals surface area contributed by atoms with Crippen molar-refractivity contribution in [3.05, 3.63) is 42.2 Å². The van der Waals surface area contributed by atoms with Gasteiger partial charge in [0.15, 0.2) is 0 Å². The summed E-state index contributed by atoms with van der Waals surface area (Å²) in [5, 5.41) is 3.44. The van der Waals surface area contributed by atoms with Gasteiger partial charge in [-0.25, -0.2) is 0 Å². The van der Waals surface area contributed by atoms with E-state index in [0.29, 0.717) is 6.17 Å². The molecule has 1 saturated carbocycles. The lowest BCUT2D eigenvalue weighted by molar-refractivity contribution is 0.267. The fourth-order valence-electron chi connectivity index (χ4n) is 2.52. The van der Waals surface area contributed by atoms with Gasteiger partial charge in [0, 0.05) is 25.4 Å². The second kappa shape index (κ2) is 5.55. The highest BCUT2D eigenvalue weighted by Gasteiger charge is 2.27. The molecule has 1 heterocycles. The van der Waals surface area contributed by atoms with Crippen LogP contribution in [0.1, 0.15) is 25.3 Å². The van der Waals surface area contributed by atoms with E-state index in [-0.39, 0.29) is 0 Å². The van der Waals surface area contributed by atoms with Crippen LogP contribution in [0.15, 0.2) is 36.7 Å². The minimum absolute atomic E-state index is 0.415. The molecule has 1 fully saturated rings. The fourth-order valence-corrected chi connectivity index (χ4v) is 2.52. The second-order valence-electron chi connectivity index (χ2n) is 5.42. The van der Waals surface area contributed by atoms with Crippen molar-refractivity contribution < 1.29 is 4.74 Å². The molecule has 0 radical (unpaired) electrons. The summed E-state index contributed by atoms with van der Waals surface area (Å²) in [5.74, 6) is 1.88. The summed E-state index contributed by atoms with van der Waals surface area (Å²) in [6.45, 7) is 3.94. The van der Waals surface area contributed by atoms with E-state index in [1.165, 1.54) is 24.9 Å². The van der Waals surface area contributed by atoms with Gasteiger partial charge in [-0.3, -0.25) is 0 Å². The van der Waals surface area contributed by atoms with Gasteiger partial charge >= 0.3 is 0 Å². The maximum Gasteiger partial charge on any atom is 0.119 e. The highest BCUT2D eigenvalue weighted by Crippen LogP contribution is 2.31. The van der Waals surface area contributed by atoms with Gasteiger partial charge in [-0.1, -0.05) is 12.1 Å². The molecule has 3 heteroatoms. The van der Waals surface area contributed by atoms with E-state index in [4.69, 9.17) is 4.74 Å². The summed E-state index contributed by atoms with van der Waals surface area (Å²) >= 11 is 0. The molecule has 102 valence electrons. The van der Waals surface area contributed by atoms with Crippen LogP contribution >= 0.6 is 0 Å². The predicted molar refractivity (Wildman–Crippen MR) is 76.8 cm³/mol. The molecule has 1 atom stereocenters. The highest BCUT2D eigenvalue weighted by atomic mass is 16.5. The quantitative estimate of drug-likeness (QED) is 0.849. The van der Waals surface area contributed by atoms with Crippen LogP contribution in [0.25, 0.3) is 0 Å². The summed E-state index contributed by atoms with van der Waals surface area (Å²) in [5.41, 5.74) is 1.35. The molecular weight excluding hydrogens is 236 g/mol. The highest BCUT2D eigenvalue weighted by molar-refractivity contribution is 5.28. The van der Waals surface area contributed by atoms with Crippen molar-refractivity contribution in [3.8, 4) is 5.75 Å². The van der Waals surface area contributed by atoms with E-state index in [9.17, 15) is 0 Å². The van der Waals surface area contributed by atoms with E-state index < -0.39 is 0 Å². The third kappa shape index (κ3) is 3.22. The number of hydrogen-bond acceptors (Lipinski definition) is 3. The zero-order valence-electron chi connectivity index (χ0n) is 11.5. The molecule has 3 rings (SSSR count). The van der Waals surface area contributed by atoms with Crippen molar-refractivity contribution in [1.29, 1.82) is 0 Å². The zero-order chi connectivity index (χ0) is 13.1. The van der Waals surface area contributed by atoms with Gasteiger partial charge in [0.2, 0.25) is 0 Å². The largest absolute Gasteiger partial charge is 0.494 e. The second-order valence-corrected chi connectivity index (χ2v) is 5.42. The van der Waals surface area contributed by atoms with Gasteiger partial charge in [-0.05, 0) is 43.4 Å². The summed E-state index contributed by atoms with van der Waals surface area (Å²) in [7, 11) is 0. The lowest BCUT2D eigenvalue weighted by Crippen LogP contribution is -2.38. The fraction of sp³-hybridized carbons (Fsp3) is 0.500. The molecule has 0 spiro atoms. The maximum atomic E-state index is 5.47. The molecular formula is C16H22N2O. The standard InChI is InChI=1S/C16H22N2O/c1-2-19-15-7-5-13(6-8-15)11-16-17-9-10-18(16)12-14-3-4-14/h5-10,14,16-17H,2-4,11-12H2,1H3. The smallest absolute Gasteiger partial charge is 0.119 e. The summed E-state index contributed by atoms with van der Waals surface area (Å²) in [6, 6.07) is 8.46. The Hall–Kier alpha value is -1.64. The van der Waals surface area contributed by atoms with Gasteiger partial charge in [0.1, 0.15) is 11.9 Å². The first-order chi connectivity index (χ1) is 9.35. The van der Waals surface area contributed by atoms with E-state index in [1.807, 2.05) is 6.92 Å². The number of nitrogens with zero attached hydrogens (tertiary/aromatic N) is 1. The van der Waals surface area contributed by atoms with Crippen molar-refractivity contribution in [2.24, 2.45) is 5.92 Å². The first-order valence-corrected chi connectivity index (χ1v) is 7.25. The van der Waals surface area contributed by atoms with Crippen molar-refractivity contribution in [2.75, 3.05) is 13.2 Å². The SMILES string of the molecule is CCOc1ccc(CC2NC=CN2CC2CC2)cc1. The predicted octanol–water partition coefficient (Wildman–Crippen LogP) is 2.74. The Balaban J connectivity index is 1.57. The number of ether oxygens (including phenoxy) is 1. The van der Waals surface area contributed by atoms with Gasteiger partial charge in [0.25, 0.3) is 0 Å². The molecule has 1 N–H and O–H groups in total. The minimum atomic E-state index is 0.415. The molecule has 3 nitrogen and oxygen atoms in total. The Morgan fingerprint density at radius 2 is 2.05 bits per heavy atom. The molecule has 19 heavy (non-hydrogen) atoms. The van der Waals surface area contributed by atoms with E-state index >= 15 is 0 Å². The molecule has 1 aromatic rings. The third-order valence-corrected chi connectivity index (χ3v) is 3.78. The van der Waals surface area contributed by atoms with E-state index in [2.05, 4.69) is 46.9 Å². The Labute approximate surface area is 115 Å². The van der Waals surface area contributed by atoms with Crippen LogP contribution in [0.5, 0.6) is 5.75 Å². The molecule has 1 aliphatic carbocycles. The lowest BCUT2D eigenvalue weighted by Gasteiger charge is -2.25. The van der Waals surface area contributed by atoms with E-state index in [0.717, 1.165) is 24.7 Å².